The standard InChI is InChI=1S/C16H15N5O5/c1-4-20-15(22)11(8-17)9(2)14(16(20)23)19-18-12-6-5-10(26-3)7-13(12)21(24)25/h5-7,22H,4H2,1-3H3. The molecule has 1 aromatic carbocycles. The van der Waals surface area contributed by atoms with E-state index in [1.54, 1.807) is 6.92 Å². The van der Waals surface area contributed by atoms with Crippen LogP contribution in [0.25, 0.3) is 0 Å². The summed E-state index contributed by atoms with van der Waals surface area (Å²) in [6.07, 6.45) is 0. The first-order valence-corrected chi connectivity index (χ1v) is 7.46. The minimum atomic E-state index is -0.651. The van der Waals surface area contributed by atoms with E-state index in [9.17, 15) is 25.3 Å². The van der Waals surface area contributed by atoms with Gasteiger partial charge in [-0.15, -0.1) is 10.2 Å². The lowest BCUT2D eigenvalue weighted by Crippen LogP contribution is -2.20. The maximum Gasteiger partial charge on any atom is 0.300 e. The van der Waals surface area contributed by atoms with Crippen molar-refractivity contribution < 1.29 is 14.8 Å². The van der Waals surface area contributed by atoms with Crippen LogP contribution in [0.3, 0.4) is 0 Å². The molecule has 134 valence electrons. The molecule has 0 radical (unpaired) electrons. The molecule has 2 rings (SSSR count). The van der Waals surface area contributed by atoms with Crippen molar-refractivity contribution in [3.63, 3.8) is 0 Å². The Labute approximate surface area is 147 Å². The summed E-state index contributed by atoms with van der Waals surface area (Å²) in [5, 5.41) is 38.0. The highest BCUT2D eigenvalue weighted by Crippen LogP contribution is 2.33. The number of hydrogen-bond donors (Lipinski definition) is 1. The maximum absolute atomic E-state index is 12.4. The molecule has 0 unspecified atom stereocenters. The zero-order chi connectivity index (χ0) is 19.4. The Hall–Kier alpha value is -3.74. The third kappa shape index (κ3) is 3.23. The zero-order valence-corrected chi connectivity index (χ0v) is 14.3. The van der Waals surface area contributed by atoms with Crippen molar-refractivity contribution in [2.75, 3.05) is 7.11 Å². The predicted molar refractivity (Wildman–Crippen MR) is 91.3 cm³/mol. The van der Waals surface area contributed by atoms with Crippen LogP contribution >= 0.6 is 0 Å². The third-order valence-corrected chi connectivity index (χ3v) is 3.72. The average Bonchev–Trinajstić information content (AvgIpc) is 2.62. The molecule has 0 fully saturated rings. The molecule has 10 nitrogen and oxygen atoms in total. The summed E-state index contributed by atoms with van der Waals surface area (Å²) >= 11 is 0. The number of aromatic nitrogens is 1. The summed E-state index contributed by atoms with van der Waals surface area (Å²) in [5.74, 6) is -0.177. The summed E-state index contributed by atoms with van der Waals surface area (Å²) in [6, 6.07) is 5.80. The number of nitro benzene ring substituents is 1. The molecular formula is C16H15N5O5. The lowest BCUT2D eigenvalue weighted by atomic mass is 10.1. The first-order valence-electron chi connectivity index (χ1n) is 7.46. The number of nitriles is 1. The second kappa shape index (κ2) is 7.43. The van der Waals surface area contributed by atoms with Crippen molar-refractivity contribution in [1.82, 2.24) is 4.57 Å². The van der Waals surface area contributed by atoms with Crippen molar-refractivity contribution in [2.45, 2.75) is 20.4 Å². The first-order chi connectivity index (χ1) is 12.3. The molecule has 10 heteroatoms. The van der Waals surface area contributed by atoms with Gasteiger partial charge in [-0.05, 0) is 26.0 Å². The van der Waals surface area contributed by atoms with Crippen molar-refractivity contribution in [3.05, 3.63) is 49.8 Å². The lowest BCUT2D eigenvalue weighted by Gasteiger charge is -2.10. The summed E-state index contributed by atoms with van der Waals surface area (Å²) in [4.78, 5) is 23.0. The van der Waals surface area contributed by atoms with E-state index in [0.717, 1.165) is 4.57 Å². The van der Waals surface area contributed by atoms with Gasteiger partial charge in [0.2, 0.25) is 5.88 Å². The lowest BCUT2D eigenvalue weighted by molar-refractivity contribution is -0.384. The van der Waals surface area contributed by atoms with E-state index in [1.165, 1.54) is 32.2 Å². The number of hydrogen-bond acceptors (Lipinski definition) is 8. The number of nitrogens with zero attached hydrogens (tertiary/aromatic N) is 5. The molecule has 0 aliphatic rings. The van der Waals surface area contributed by atoms with Gasteiger partial charge in [0, 0.05) is 12.1 Å². The smallest absolute Gasteiger partial charge is 0.300 e. The van der Waals surface area contributed by atoms with Crippen molar-refractivity contribution in [1.29, 1.82) is 5.26 Å². The molecule has 0 atom stereocenters. The van der Waals surface area contributed by atoms with Crippen LogP contribution < -0.4 is 10.3 Å². The van der Waals surface area contributed by atoms with Crippen LogP contribution in [-0.4, -0.2) is 21.7 Å². The van der Waals surface area contributed by atoms with E-state index in [4.69, 9.17) is 4.74 Å². The van der Waals surface area contributed by atoms with Gasteiger partial charge in [0.15, 0.2) is 11.4 Å². The minimum absolute atomic E-state index is 0.0794. The number of methoxy groups -OCH3 is 1. The van der Waals surface area contributed by atoms with E-state index in [2.05, 4.69) is 10.2 Å². The molecule has 1 N–H and O–H groups in total. The van der Waals surface area contributed by atoms with Gasteiger partial charge in [-0.2, -0.15) is 5.26 Å². The number of azo groups is 1. The highest BCUT2D eigenvalue weighted by molar-refractivity contribution is 5.61. The molecule has 26 heavy (non-hydrogen) atoms. The zero-order valence-electron chi connectivity index (χ0n) is 14.3. The number of rotatable bonds is 5. The first kappa shape index (κ1) is 18.6. The number of pyridine rings is 1. The fourth-order valence-corrected chi connectivity index (χ4v) is 2.32. The molecule has 2 aromatic rings. The average molecular weight is 357 g/mol. The maximum atomic E-state index is 12.4. The molecule has 0 spiro atoms. The van der Waals surface area contributed by atoms with Gasteiger partial charge >= 0.3 is 0 Å². The Kier molecular flexibility index (Phi) is 5.32. The Morgan fingerprint density at radius 3 is 2.65 bits per heavy atom. The number of benzene rings is 1. The highest BCUT2D eigenvalue weighted by Gasteiger charge is 2.19. The van der Waals surface area contributed by atoms with Gasteiger partial charge in [0.05, 0.1) is 18.1 Å². The quantitative estimate of drug-likeness (QED) is 0.495. The number of ether oxygens (including phenoxy) is 1. The van der Waals surface area contributed by atoms with Gasteiger partial charge in [-0.1, -0.05) is 0 Å². The fourth-order valence-electron chi connectivity index (χ4n) is 2.32. The minimum Gasteiger partial charge on any atom is -0.496 e. The van der Waals surface area contributed by atoms with Crippen molar-refractivity contribution in [2.24, 2.45) is 10.2 Å². The van der Waals surface area contributed by atoms with E-state index in [1.807, 2.05) is 6.07 Å². The van der Waals surface area contributed by atoms with Crippen LogP contribution in [-0.2, 0) is 6.54 Å². The molecule has 0 amide bonds. The molecule has 0 bridgehead atoms. The Balaban J connectivity index is 2.65. The van der Waals surface area contributed by atoms with Crippen molar-refractivity contribution in [3.8, 4) is 17.7 Å². The van der Waals surface area contributed by atoms with Gasteiger partial charge < -0.3 is 9.84 Å². The van der Waals surface area contributed by atoms with Crippen molar-refractivity contribution >= 4 is 17.1 Å². The summed E-state index contributed by atoms with van der Waals surface area (Å²) in [7, 11) is 1.37. The van der Waals surface area contributed by atoms with Crippen LogP contribution in [0.15, 0.2) is 33.2 Å². The third-order valence-electron chi connectivity index (χ3n) is 3.72. The normalized spacial score (nSPS) is 10.7. The monoisotopic (exact) mass is 357 g/mol. The topological polar surface area (TPSA) is 143 Å². The summed E-state index contributed by atoms with van der Waals surface area (Å²) in [5.41, 5.74) is -1.22. The van der Waals surface area contributed by atoms with Crippen LogP contribution in [0.1, 0.15) is 18.1 Å². The van der Waals surface area contributed by atoms with E-state index >= 15 is 0 Å². The predicted octanol–water partition coefficient (Wildman–Crippen LogP) is 3.09. The Morgan fingerprint density at radius 1 is 1.42 bits per heavy atom. The molecular weight excluding hydrogens is 342 g/mol. The summed E-state index contributed by atoms with van der Waals surface area (Å²) < 4.78 is 5.92. The second-order valence-electron chi connectivity index (χ2n) is 5.15. The highest BCUT2D eigenvalue weighted by atomic mass is 16.6. The van der Waals surface area contributed by atoms with Gasteiger partial charge in [-0.25, -0.2) is 0 Å². The largest absolute Gasteiger partial charge is 0.496 e. The van der Waals surface area contributed by atoms with Crippen LogP contribution in [0.5, 0.6) is 11.6 Å². The van der Waals surface area contributed by atoms with Gasteiger partial charge in [0.1, 0.15) is 17.4 Å². The van der Waals surface area contributed by atoms with Crippen LogP contribution in [0.4, 0.5) is 17.1 Å². The SMILES string of the molecule is CCn1c(O)c(C#N)c(C)c(N=Nc2ccc(OC)cc2[N+](=O)[O-])c1=O. The Morgan fingerprint density at radius 2 is 2.12 bits per heavy atom. The summed E-state index contributed by atoms with van der Waals surface area (Å²) in [6.45, 7) is 3.17. The van der Waals surface area contributed by atoms with Gasteiger partial charge in [0.25, 0.3) is 11.2 Å². The van der Waals surface area contributed by atoms with Crippen LogP contribution in [0.2, 0.25) is 0 Å². The molecule has 0 aliphatic carbocycles. The second-order valence-corrected chi connectivity index (χ2v) is 5.15. The molecule has 1 heterocycles. The molecule has 0 aliphatic heterocycles. The van der Waals surface area contributed by atoms with E-state index in [0.29, 0.717) is 0 Å². The molecule has 1 aromatic heterocycles. The molecule has 0 saturated heterocycles. The van der Waals surface area contributed by atoms with Crippen LogP contribution in [0, 0.1) is 28.4 Å². The molecule has 0 saturated carbocycles. The number of aromatic hydroxyl groups is 1. The Bertz CT molecular complexity index is 1000. The van der Waals surface area contributed by atoms with E-state index < -0.39 is 16.4 Å². The number of nitro groups is 1. The van der Waals surface area contributed by atoms with Gasteiger partial charge in [-0.3, -0.25) is 19.5 Å². The van der Waals surface area contributed by atoms with E-state index in [-0.39, 0.29) is 40.5 Å². The fraction of sp³-hybridized carbons (Fsp3) is 0.250.